The molecule has 0 aliphatic heterocycles. The molecule has 3 rings (SSSR count). The number of rotatable bonds is 6. The quantitative estimate of drug-likeness (QED) is 0.520. The van der Waals surface area contributed by atoms with E-state index < -0.39 is 23.8 Å². The van der Waals surface area contributed by atoms with Gasteiger partial charge in [-0.15, -0.1) is 0 Å². The first-order chi connectivity index (χ1) is 14.0. The van der Waals surface area contributed by atoms with Crippen molar-refractivity contribution in [3.8, 4) is 5.75 Å². The minimum Gasteiger partial charge on any atom is -0.497 e. The Morgan fingerprint density at radius 2 is 1.69 bits per heavy atom. The molecule has 3 aromatic carbocycles. The molecule has 0 bridgehead atoms. The molecule has 0 aromatic heterocycles. The number of halogens is 2. The number of carbonyl (C=O) groups excluding carboxylic acids is 2. The Labute approximate surface area is 175 Å². The Bertz CT molecular complexity index is 1010. The molecule has 1 amide bonds. The molecule has 0 spiro atoms. The minimum atomic E-state index is -1.26. The molecule has 3 aromatic rings. The molecule has 29 heavy (non-hydrogen) atoms. The lowest BCUT2D eigenvalue weighted by molar-refractivity contribution is -0.125. The Morgan fingerprint density at radius 1 is 1.00 bits per heavy atom. The third kappa shape index (κ3) is 5.20. The molecular formula is C22H17BrFNO4. The van der Waals surface area contributed by atoms with Crippen LogP contribution in [0.4, 0.5) is 10.1 Å². The van der Waals surface area contributed by atoms with Crippen LogP contribution in [0.3, 0.4) is 0 Å². The number of hydrogen-bond donors (Lipinski definition) is 1. The van der Waals surface area contributed by atoms with E-state index in [-0.39, 0.29) is 5.56 Å². The smallest absolute Gasteiger partial charge is 0.342 e. The monoisotopic (exact) mass is 457 g/mol. The van der Waals surface area contributed by atoms with Gasteiger partial charge in [-0.3, -0.25) is 4.79 Å². The second-order valence-electron chi connectivity index (χ2n) is 6.04. The molecule has 1 N–H and O–H groups in total. The SMILES string of the molecule is COc1ccc(NC(=O)C(OC(=O)c2ccc(Br)cc2F)c2ccccc2)cc1. The summed E-state index contributed by atoms with van der Waals surface area (Å²) in [5.74, 6) is -1.60. The van der Waals surface area contributed by atoms with Gasteiger partial charge in [0.2, 0.25) is 6.10 Å². The van der Waals surface area contributed by atoms with Crippen molar-refractivity contribution in [2.75, 3.05) is 12.4 Å². The predicted molar refractivity (Wildman–Crippen MR) is 110 cm³/mol. The maximum atomic E-state index is 14.1. The lowest BCUT2D eigenvalue weighted by Crippen LogP contribution is -2.26. The largest absolute Gasteiger partial charge is 0.497 e. The Morgan fingerprint density at radius 3 is 2.31 bits per heavy atom. The van der Waals surface area contributed by atoms with Crippen LogP contribution >= 0.6 is 15.9 Å². The van der Waals surface area contributed by atoms with Gasteiger partial charge in [0.1, 0.15) is 11.6 Å². The maximum Gasteiger partial charge on any atom is 0.342 e. The number of benzene rings is 3. The number of hydrogen-bond acceptors (Lipinski definition) is 4. The molecule has 148 valence electrons. The van der Waals surface area contributed by atoms with E-state index in [0.717, 1.165) is 6.07 Å². The summed E-state index contributed by atoms with van der Waals surface area (Å²) in [6.45, 7) is 0. The third-order valence-electron chi connectivity index (χ3n) is 4.07. The highest BCUT2D eigenvalue weighted by Crippen LogP contribution is 2.24. The van der Waals surface area contributed by atoms with Crippen LogP contribution in [0.5, 0.6) is 5.75 Å². The molecule has 0 saturated carbocycles. The second kappa shape index (κ2) is 9.34. The normalized spacial score (nSPS) is 11.4. The number of carbonyl (C=O) groups is 2. The molecule has 0 aliphatic rings. The molecule has 1 atom stereocenters. The zero-order chi connectivity index (χ0) is 20.8. The van der Waals surface area contributed by atoms with Crippen molar-refractivity contribution in [1.82, 2.24) is 0 Å². The van der Waals surface area contributed by atoms with E-state index >= 15 is 0 Å². The van der Waals surface area contributed by atoms with Gasteiger partial charge in [-0.25, -0.2) is 9.18 Å². The van der Waals surface area contributed by atoms with Gasteiger partial charge in [-0.2, -0.15) is 0 Å². The average molecular weight is 458 g/mol. The molecule has 1 unspecified atom stereocenters. The fourth-order valence-electron chi connectivity index (χ4n) is 2.61. The first-order valence-electron chi connectivity index (χ1n) is 8.64. The van der Waals surface area contributed by atoms with E-state index in [4.69, 9.17) is 9.47 Å². The topological polar surface area (TPSA) is 64.6 Å². The number of ether oxygens (including phenoxy) is 2. The lowest BCUT2D eigenvalue weighted by atomic mass is 10.1. The van der Waals surface area contributed by atoms with Crippen LogP contribution in [0.15, 0.2) is 77.3 Å². The van der Waals surface area contributed by atoms with Crippen molar-refractivity contribution in [2.45, 2.75) is 6.10 Å². The van der Waals surface area contributed by atoms with Gasteiger partial charge in [-0.05, 0) is 42.5 Å². The summed E-state index contributed by atoms with van der Waals surface area (Å²) in [5, 5.41) is 2.70. The van der Waals surface area contributed by atoms with Crippen molar-refractivity contribution in [1.29, 1.82) is 0 Å². The summed E-state index contributed by atoms with van der Waals surface area (Å²) in [5.41, 5.74) is 0.707. The summed E-state index contributed by atoms with van der Waals surface area (Å²) in [6, 6.07) is 19.2. The van der Waals surface area contributed by atoms with Crippen LogP contribution in [0.1, 0.15) is 22.0 Å². The van der Waals surface area contributed by atoms with Crippen molar-refractivity contribution >= 4 is 33.5 Å². The van der Waals surface area contributed by atoms with Crippen LogP contribution in [0.25, 0.3) is 0 Å². The molecule has 0 aliphatic carbocycles. The maximum absolute atomic E-state index is 14.1. The van der Waals surface area contributed by atoms with Crippen molar-refractivity contribution in [3.05, 3.63) is 94.2 Å². The molecule has 7 heteroatoms. The number of esters is 1. The van der Waals surface area contributed by atoms with Gasteiger partial charge < -0.3 is 14.8 Å². The van der Waals surface area contributed by atoms with Crippen LogP contribution in [0, 0.1) is 5.82 Å². The highest BCUT2D eigenvalue weighted by molar-refractivity contribution is 9.10. The average Bonchev–Trinajstić information content (AvgIpc) is 2.73. The van der Waals surface area contributed by atoms with Crippen molar-refractivity contribution in [2.24, 2.45) is 0 Å². The molecule has 0 radical (unpaired) electrons. The third-order valence-corrected chi connectivity index (χ3v) is 4.57. The number of amides is 1. The lowest BCUT2D eigenvalue weighted by Gasteiger charge is -2.18. The van der Waals surface area contributed by atoms with Crippen molar-refractivity contribution in [3.63, 3.8) is 0 Å². The highest BCUT2D eigenvalue weighted by atomic mass is 79.9. The van der Waals surface area contributed by atoms with E-state index in [1.165, 1.54) is 12.1 Å². The van der Waals surface area contributed by atoms with E-state index in [1.54, 1.807) is 61.7 Å². The molecular weight excluding hydrogens is 441 g/mol. The molecule has 5 nitrogen and oxygen atoms in total. The number of nitrogens with one attached hydrogen (secondary N) is 1. The van der Waals surface area contributed by atoms with Crippen LogP contribution in [0.2, 0.25) is 0 Å². The summed E-state index contributed by atoms with van der Waals surface area (Å²) in [6.07, 6.45) is -1.26. The first-order valence-corrected chi connectivity index (χ1v) is 9.43. The fraction of sp³-hybridized carbons (Fsp3) is 0.0909. The number of anilines is 1. The summed E-state index contributed by atoms with van der Waals surface area (Å²) in [7, 11) is 1.54. The Hall–Kier alpha value is -3.19. The minimum absolute atomic E-state index is 0.258. The van der Waals surface area contributed by atoms with E-state index in [0.29, 0.717) is 21.5 Å². The van der Waals surface area contributed by atoms with E-state index in [1.807, 2.05) is 0 Å². The summed E-state index contributed by atoms with van der Waals surface area (Å²) in [4.78, 5) is 25.4. The molecule has 0 saturated heterocycles. The van der Waals surface area contributed by atoms with Gasteiger partial charge in [0.15, 0.2) is 0 Å². The van der Waals surface area contributed by atoms with Gasteiger partial charge in [-0.1, -0.05) is 46.3 Å². The Kier molecular flexibility index (Phi) is 6.61. The second-order valence-corrected chi connectivity index (χ2v) is 6.95. The van der Waals surface area contributed by atoms with Crippen LogP contribution < -0.4 is 10.1 Å². The van der Waals surface area contributed by atoms with Gasteiger partial charge in [0.05, 0.1) is 12.7 Å². The van der Waals surface area contributed by atoms with E-state index in [9.17, 15) is 14.0 Å². The Balaban J connectivity index is 1.84. The van der Waals surface area contributed by atoms with Crippen molar-refractivity contribution < 1.29 is 23.5 Å². The predicted octanol–water partition coefficient (Wildman–Crippen LogP) is 5.13. The zero-order valence-corrected chi connectivity index (χ0v) is 17.0. The fourth-order valence-corrected chi connectivity index (χ4v) is 2.94. The van der Waals surface area contributed by atoms with Gasteiger partial charge in [0.25, 0.3) is 5.91 Å². The standard InChI is InChI=1S/C22H17BrFNO4/c1-28-17-10-8-16(9-11-17)25-21(26)20(14-5-3-2-4-6-14)29-22(27)18-12-7-15(23)13-19(18)24/h2-13,20H,1H3,(H,25,26). The summed E-state index contributed by atoms with van der Waals surface area (Å²) >= 11 is 3.14. The summed E-state index contributed by atoms with van der Waals surface area (Å²) < 4.78 is 25.1. The van der Waals surface area contributed by atoms with Crippen LogP contribution in [-0.4, -0.2) is 19.0 Å². The van der Waals surface area contributed by atoms with Gasteiger partial charge in [0, 0.05) is 15.7 Å². The molecule has 0 heterocycles. The highest BCUT2D eigenvalue weighted by Gasteiger charge is 2.27. The van der Waals surface area contributed by atoms with Crippen LogP contribution in [-0.2, 0) is 9.53 Å². The number of methoxy groups -OCH3 is 1. The van der Waals surface area contributed by atoms with E-state index in [2.05, 4.69) is 21.2 Å². The van der Waals surface area contributed by atoms with Gasteiger partial charge >= 0.3 is 5.97 Å². The zero-order valence-electron chi connectivity index (χ0n) is 15.4. The molecule has 0 fully saturated rings. The first kappa shape index (κ1) is 20.5.